The van der Waals surface area contributed by atoms with Crippen molar-refractivity contribution in [3.8, 4) is 39.5 Å². The fraction of sp³-hybridized carbons (Fsp3) is 0.207. The summed E-state index contributed by atoms with van der Waals surface area (Å²) in [7, 11) is -2.81. The van der Waals surface area contributed by atoms with Gasteiger partial charge in [0.15, 0.2) is 15.5 Å². The first kappa shape index (κ1) is 33.5. The van der Waals surface area contributed by atoms with Crippen LogP contribution in [0.1, 0.15) is 17.1 Å². The summed E-state index contributed by atoms with van der Waals surface area (Å²) in [6.07, 6.45) is -7.30. The highest BCUT2D eigenvalue weighted by atomic mass is 32.2. The fourth-order valence-corrected chi connectivity index (χ4v) is 5.76. The van der Waals surface area contributed by atoms with Crippen LogP contribution in [0, 0.1) is 18.6 Å². The monoisotopic (exact) mass is 687 g/mol. The molecule has 9 nitrogen and oxygen atoms in total. The molecule has 0 fully saturated rings. The number of imidazole rings is 1. The first-order valence-electron chi connectivity index (χ1n) is 13.1. The van der Waals surface area contributed by atoms with Crippen LogP contribution in [0.3, 0.4) is 0 Å². The van der Waals surface area contributed by atoms with E-state index in [9.17, 15) is 34.8 Å². The van der Waals surface area contributed by atoms with Gasteiger partial charge in [0.05, 0.1) is 29.1 Å². The molecule has 5 aromatic rings. The Kier molecular flexibility index (Phi) is 8.61. The molecule has 0 spiro atoms. The predicted molar refractivity (Wildman–Crippen MR) is 150 cm³/mol. The third-order valence-corrected chi connectivity index (χ3v) is 7.96. The molecule has 0 aliphatic rings. The average Bonchev–Trinajstić information content (AvgIpc) is 3.60. The normalized spacial score (nSPS) is 12.5. The van der Waals surface area contributed by atoms with Crippen LogP contribution in [0.2, 0.25) is 0 Å². The number of aryl methyl sites for hydroxylation is 1. The Bertz CT molecular complexity index is 2070. The van der Waals surface area contributed by atoms with Gasteiger partial charge in [-0.15, -0.1) is 18.3 Å². The summed E-state index contributed by atoms with van der Waals surface area (Å²) in [5, 5.41) is 7.76. The number of nitrogens with zero attached hydrogens (tertiary/aromatic N) is 5. The predicted octanol–water partition coefficient (Wildman–Crippen LogP) is 6.84. The number of alkyl halides is 6. The van der Waals surface area contributed by atoms with Crippen molar-refractivity contribution < 1.29 is 53.0 Å². The Balaban J connectivity index is 1.76. The van der Waals surface area contributed by atoms with Gasteiger partial charge in [0.1, 0.15) is 28.9 Å². The molecule has 5 rings (SSSR count). The molecule has 0 radical (unpaired) electrons. The van der Waals surface area contributed by atoms with Gasteiger partial charge in [-0.05, 0) is 66.6 Å². The third-order valence-electron chi connectivity index (χ3n) is 6.79. The number of aromatic nitrogens is 5. The average molecular weight is 688 g/mol. The Morgan fingerprint density at radius 2 is 1.53 bits per heavy atom. The van der Waals surface area contributed by atoms with Crippen molar-refractivity contribution in [3.05, 3.63) is 89.6 Å². The first-order chi connectivity index (χ1) is 21.9. The molecule has 0 atom stereocenters. The van der Waals surface area contributed by atoms with E-state index in [2.05, 4.69) is 20.0 Å². The lowest BCUT2D eigenvalue weighted by atomic mass is 10.0. The molecule has 0 bridgehead atoms. The van der Waals surface area contributed by atoms with Gasteiger partial charge in [0.2, 0.25) is 0 Å². The number of hydrogen-bond donors (Lipinski definition) is 0. The molecule has 18 heteroatoms. The molecule has 0 saturated carbocycles. The molecule has 0 unspecified atom stereocenters. The lowest BCUT2D eigenvalue weighted by Gasteiger charge is -2.18. The van der Waals surface area contributed by atoms with Crippen molar-refractivity contribution in [3.63, 3.8) is 0 Å². The minimum absolute atomic E-state index is 0.0496. The molecule has 2 heterocycles. The minimum Gasteiger partial charge on any atom is -0.406 e. The van der Waals surface area contributed by atoms with E-state index in [4.69, 9.17) is 4.74 Å². The van der Waals surface area contributed by atoms with Crippen molar-refractivity contribution in [2.75, 3.05) is 13.4 Å². The molecule has 3 aromatic carbocycles. The van der Waals surface area contributed by atoms with Crippen molar-refractivity contribution >= 4 is 9.84 Å². The van der Waals surface area contributed by atoms with Crippen molar-refractivity contribution in [2.45, 2.75) is 31.0 Å². The van der Waals surface area contributed by atoms with E-state index >= 15 is 8.78 Å². The number of rotatable bonds is 8. The topological polar surface area (TPSA) is 101 Å². The quantitative estimate of drug-likeness (QED) is 0.165. The summed E-state index contributed by atoms with van der Waals surface area (Å²) in [5.74, 6) is -2.97. The lowest BCUT2D eigenvalue weighted by molar-refractivity contribution is -0.274. The minimum atomic E-state index is -4.96. The third kappa shape index (κ3) is 6.97. The summed E-state index contributed by atoms with van der Waals surface area (Å²) >= 11 is 0. The second-order valence-corrected chi connectivity index (χ2v) is 12.1. The van der Waals surface area contributed by atoms with Crippen LogP contribution in [-0.4, -0.2) is 52.7 Å². The summed E-state index contributed by atoms with van der Waals surface area (Å²) in [6, 6.07) is 8.51. The van der Waals surface area contributed by atoms with Crippen LogP contribution in [0.25, 0.3) is 33.8 Å². The molecule has 0 amide bonds. The molecule has 248 valence electrons. The molecule has 0 aliphatic carbocycles. The highest BCUT2D eigenvalue weighted by Gasteiger charge is 2.35. The second-order valence-electron chi connectivity index (χ2n) is 10.1. The number of hydrogen-bond acceptors (Lipinski definition) is 7. The van der Waals surface area contributed by atoms with E-state index < -0.39 is 62.6 Å². The largest absolute Gasteiger partial charge is 0.573 e. The maximum atomic E-state index is 16.2. The van der Waals surface area contributed by atoms with Crippen LogP contribution in [0.4, 0.5) is 35.1 Å². The molecule has 0 aliphatic heterocycles. The van der Waals surface area contributed by atoms with Crippen LogP contribution in [0.5, 0.6) is 5.75 Å². The summed E-state index contributed by atoms with van der Waals surface area (Å²) in [4.78, 5) is 3.05. The Labute approximate surface area is 260 Å². The smallest absolute Gasteiger partial charge is 0.406 e. The standard InChI is InChI=1S/C29H21F8N5O4S/c1-15-39-26(28(32,33)34)13-41(15)27-22(31)9-17(18-8-21(30)20(14-45-2)25(11-18)47(3,43)44)10-23(27)42-24(12-38-40-42)16-4-6-19(7-5-16)46-29(35,36)37/h4-13H,14H2,1-3H3. The second kappa shape index (κ2) is 12.1. The van der Waals surface area contributed by atoms with Crippen LogP contribution >= 0.6 is 0 Å². The SMILES string of the molecule is COCc1c(F)cc(-c2cc(F)c(-n3cc(C(F)(F)F)nc3C)c(-n3nncc3-c3ccc(OC(F)(F)F)cc3)c2)cc1S(C)(=O)=O. The molecular formula is C29H21F8N5O4S. The number of ether oxygens (including phenoxy) is 2. The van der Waals surface area contributed by atoms with Gasteiger partial charge >= 0.3 is 12.5 Å². The Morgan fingerprint density at radius 3 is 2.11 bits per heavy atom. The van der Waals surface area contributed by atoms with E-state index in [1.165, 1.54) is 32.2 Å². The molecule has 47 heavy (non-hydrogen) atoms. The highest BCUT2D eigenvalue weighted by molar-refractivity contribution is 7.90. The van der Waals surface area contributed by atoms with Gasteiger partial charge in [0, 0.05) is 30.7 Å². The van der Waals surface area contributed by atoms with Crippen LogP contribution in [0.15, 0.2) is 65.8 Å². The molecule has 2 aromatic heterocycles. The van der Waals surface area contributed by atoms with E-state index in [0.29, 0.717) is 6.20 Å². The van der Waals surface area contributed by atoms with E-state index in [1.54, 1.807) is 0 Å². The Hall–Kier alpha value is -4.84. The van der Waals surface area contributed by atoms with E-state index in [1.807, 2.05) is 0 Å². The fourth-order valence-electron chi connectivity index (χ4n) is 4.82. The zero-order valence-electron chi connectivity index (χ0n) is 24.3. The maximum absolute atomic E-state index is 16.2. The van der Waals surface area contributed by atoms with Gasteiger partial charge in [0.25, 0.3) is 0 Å². The zero-order chi connectivity index (χ0) is 34.5. The molecular weight excluding hydrogens is 666 g/mol. The number of benzene rings is 3. The van der Waals surface area contributed by atoms with Gasteiger partial charge in [-0.1, -0.05) is 5.21 Å². The summed E-state index contributed by atoms with van der Waals surface area (Å²) in [5.41, 5.74) is -2.38. The maximum Gasteiger partial charge on any atom is 0.573 e. The van der Waals surface area contributed by atoms with Gasteiger partial charge in [-0.25, -0.2) is 26.9 Å². The summed E-state index contributed by atoms with van der Waals surface area (Å²) < 4.78 is 146. The first-order valence-corrected chi connectivity index (χ1v) is 15.0. The molecule has 0 saturated heterocycles. The lowest BCUT2D eigenvalue weighted by Crippen LogP contribution is -2.17. The number of methoxy groups -OCH3 is 1. The van der Waals surface area contributed by atoms with Gasteiger partial charge < -0.3 is 9.47 Å². The summed E-state index contributed by atoms with van der Waals surface area (Å²) in [6.45, 7) is 0.792. The van der Waals surface area contributed by atoms with Crippen LogP contribution in [-0.2, 0) is 27.4 Å². The van der Waals surface area contributed by atoms with Crippen molar-refractivity contribution in [1.29, 1.82) is 0 Å². The highest BCUT2D eigenvalue weighted by Crippen LogP contribution is 2.37. The zero-order valence-corrected chi connectivity index (χ0v) is 25.1. The van der Waals surface area contributed by atoms with E-state index in [0.717, 1.165) is 52.0 Å². The van der Waals surface area contributed by atoms with Crippen molar-refractivity contribution in [2.24, 2.45) is 0 Å². The number of sulfone groups is 1. The van der Waals surface area contributed by atoms with Gasteiger partial charge in [-0.3, -0.25) is 4.57 Å². The number of halogens is 8. The Morgan fingerprint density at radius 1 is 0.894 bits per heavy atom. The molecule has 0 N–H and O–H groups in total. The van der Waals surface area contributed by atoms with Crippen LogP contribution < -0.4 is 4.74 Å². The van der Waals surface area contributed by atoms with Crippen molar-refractivity contribution in [1.82, 2.24) is 24.5 Å². The van der Waals surface area contributed by atoms with Gasteiger partial charge in [-0.2, -0.15) is 13.2 Å². The van der Waals surface area contributed by atoms with E-state index in [-0.39, 0.29) is 39.5 Å².